The zero-order valence-corrected chi connectivity index (χ0v) is 17.7. The Balaban J connectivity index is 1.46. The molecule has 11 heteroatoms. The van der Waals surface area contributed by atoms with Crippen molar-refractivity contribution in [3.05, 3.63) is 65.1 Å². The van der Waals surface area contributed by atoms with Gasteiger partial charge in [-0.3, -0.25) is 14.3 Å². The molecule has 0 saturated carbocycles. The number of carbonyl (C=O) groups is 2. The maximum absolute atomic E-state index is 12.7. The molecular weight excluding hydrogens is 448 g/mol. The molecule has 1 saturated heterocycles. The van der Waals surface area contributed by atoms with E-state index in [1.54, 1.807) is 41.8 Å². The van der Waals surface area contributed by atoms with Crippen LogP contribution in [0.5, 0.6) is 0 Å². The Morgan fingerprint density at radius 3 is 2.40 bits per heavy atom. The van der Waals surface area contributed by atoms with E-state index in [1.165, 1.54) is 29.7 Å². The van der Waals surface area contributed by atoms with Crippen molar-refractivity contribution in [2.24, 2.45) is 0 Å². The molecule has 0 aliphatic carbocycles. The minimum Gasteiger partial charge on any atom is -0.373 e. The van der Waals surface area contributed by atoms with E-state index in [9.17, 15) is 18.0 Å². The third-order valence-electron chi connectivity index (χ3n) is 4.39. The fourth-order valence-corrected chi connectivity index (χ4v) is 4.90. The molecule has 3 aromatic rings. The third kappa shape index (κ3) is 4.16. The van der Waals surface area contributed by atoms with Crippen LogP contribution in [0.15, 0.2) is 65.0 Å². The monoisotopic (exact) mass is 462 g/mol. The number of carbonyl (C=O) groups excluding carboxylic acids is 2. The number of amides is 2. The Hall–Kier alpha value is -2.95. The largest absolute Gasteiger partial charge is 0.373 e. The van der Waals surface area contributed by atoms with Gasteiger partial charge in [-0.2, -0.15) is 0 Å². The van der Waals surface area contributed by atoms with Crippen LogP contribution in [-0.4, -0.2) is 31.3 Å². The lowest BCUT2D eigenvalue weighted by Gasteiger charge is -2.16. The molecule has 2 amide bonds. The maximum atomic E-state index is 12.7. The fraction of sp³-hybridized carbons (Fsp3) is 0.105. The van der Waals surface area contributed by atoms with Gasteiger partial charge < -0.3 is 5.32 Å². The molecule has 8 nitrogen and oxygen atoms in total. The van der Waals surface area contributed by atoms with Gasteiger partial charge in [-0.15, -0.1) is 11.3 Å². The van der Waals surface area contributed by atoms with Crippen LogP contribution in [0.2, 0.25) is 5.02 Å². The van der Waals surface area contributed by atoms with Crippen LogP contribution in [0.3, 0.4) is 0 Å². The zero-order chi connectivity index (χ0) is 21.3. The number of halogens is 1. The summed E-state index contributed by atoms with van der Waals surface area (Å²) < 4.78 is 27.2. The van der Waals surface area contributed by atoms with Crippen molar-refractivity contribution in [3.63, 3.8) is 0 Å². The minimum atomic E-state index is -3.77. The van der Waals surface area contributed by atoms with Crippen molar-refractivity contribution in [1.29, 1.82) is 0 Å². The van der Waals surface area contributed by atoms with Gasteiger partial charge in [-0.25, -0.2) is 18.3 Å². The summed E-state index contributed by atoms with van der Waals surface area (Å²) in [7, 11) is -3.77. The first-order chi connectivity index (χ1) is 14.3. The van der Waals surface area contributed by atoms with Gasteiger partial charge in [0.05, 0.1) is 17.0 Å². The molecule has 0 unspecified atom stereocenters. The molecule has 2 heterocycles. The van der Waals surface area contributed by atoms with Gasteiger partial charge >= 0.3 is 0 Å². The van der Waals surface area contributed by atoms with Crippen molar-refractivity contribution in [2.75, 3.05) is 14.9 Å². The standard InChI is InChI=1S/C19H15ClN4O4S2/c20-12-1-5-14(6-2-12)24-17(25)11-16(18(24)26)22-13-3-7-15(8-4-13)30(27,28)23-19-21-9-10-29-19/h1-10,16,22H,11H2,(H,21,23)/t16-/m0/s1. The molecule has 1 aromatic heterocycles. The first-order valence-corrected chi connectivity index (χ1v) is 11.5. The molecule has 1 aliphatic heterocycles. The van der Waals surface area contributed by atoms with E-state index in [0.29, 0.717) is 16.4 Å². The van der Waals surface area contributed by atoms with Gasteiger partial charge in [0.25, 0.3) is 15.9 Å². The van der Waals surface area contributed by atoms with Crippen LogP contribution in [0.25, 0.3) is 0 Å². The van der Waals surface area contributed by atoms with E-state index in [1.807, 2.05) is 0 Å². The Morgan fingerprint density at radius 1 is 1.07 bits per heavy atom. The number of hydrogen-bond donors (Lipinski definition) is 2. The Labute approximate surface area is 181 Å². The number of hydrogen-bond acceptors (Lipinski definition) is 7. The Kier molecular flexibility index (Phi) is 5.46. The Morgan fingerprint density at radius 2 is 1.77 bits per heavy atom. The molecule has 4 rings (SSSR count). The summed E-state index contributed by atoms with van der Waals surface area (Å²) >= 11 is 7.03. The summed E-state index contributed by atoms with van der Waals surface area (Å²) in [6, 6.07) is 11.6. The number of nitrogens with one attached hydrogen (secondary N) is 2. The number of sulfonamides is 1. The number of anilines is 3. The van der Waals surface area contributed by atoms with Gasteiger partial charge in [0.15, 0.2) is 5.13 Å². The minimum absolute atomic E-state index is 0.00683. The third-order valence-corrected chi connectivity index (χ3v) is 6.82. The van der Waals surface area contributed by atoms with E-state index in [0.717, 1.165) is 4.90 Å². The van der Waals surface area contributed by atoms with Crippen molar-refractivity contribution >= 4 is 61.3 Å². The highest BCUT2D eigenvalue weighted by atomic mass is 35.5. The lowest BCUT2D eigenvalue weighted by atomic mass is 10.2. The van der Waals surface area contributed by atoms with E-state index in [4.69, 9.17) is 11.6 Å². The molecule has 1 aliphatic rings. The van der Waals surface area contributed by atoms with Crippen molar-refractivity contribution in [3.8, 4) is 0 Å². The average Bonchev–Trinajstić information content (AvgIpc) is 3.31. The molecule has 1 atom stereocenters. The van der Waals surface area contributed by atoms with E-state index in [2.05, 4.69) is 15.0 Å². The second kappa shape index (κ2) is 8.05. The first kappa shape index (κ1) is 20.3. The van der Waals surface area contributed by atoms with Crippen LogP contribution in [-0.2, 0) is 19.6 Å². The predicted molar refractivity (Wildman–Crippen MR) is 115 cm³/mol. The van der Waals surface area contributed by atoms with Crippen molar-refractivity contribution in [2.45, 2.75) is 17.4 Å². The van der Waals surface area contributed by atoms with Gasteiger partial charge in [0.2, 0.25) is 5.91 Å². The predicted octanol–water partition coefficient (Wildman–Crippen LogP) is 3.34. The quantitative estimate of drug-likeness (QED) is 0.544. The molecule has 30 heavy (non-hydrogen) atoms. The lowest BCUT2D eigenvalue weighted by Crippen LogP contribution is -2.34. The number of thiazole rings is 1. The average molecular weight is 463 g/mol. The van der Waals surface area contributed by atoms with Crippen LogP contribution in [0, 0.1) is 0 Å². The molecule has 2 N–H and O–H groups in total. The maximum Gasteiger partial charge on any atom is 0.263 e. The second-order valence-electron chi connectivity index (χ2n) is 6.41. The van der Waals surface area contributed by atoms with E-state index >= 15 is 0 Å². The van der Waals surface area contributed by atoms with Gasteiger partial charge in [-0.05, 0) is 48.5 Å². The Bertz CT molecular complexity index is 1180. The van der Waals surface area contributed by atoms with E-state index < -0.39 is 16.1 Å². The molecule has 2 aromatic carbocycles. The SMILES string of the molecule is O=C1C[C@H](Nc2ccc(S(=O)(=O)Nc3nccs3)cc2)C(=O)N1c1ccc(Cl)cc1. The zero-order valence-electron chi connectivity index (χ0n) is 15.3. The summed E-state index contributed by atoms with van der Waals surface area (Å²) in [6.45, 7) is 0. The number of benzene rings is 2. The van der Waals surface area contributed by atoms with Crippen LogP contribution in [0.4, 0.5) is 16.5 Å². The topological polar surface area (TPSA) is 108 Å². The summed E-state index contributed by atoms with van der Waals surface area (Å²) in [5.41, 5.74) is 0.973. The molecule has 154 valence electrons. The van der Waals surface area contributed by atoms with Gasteiger partial charge in [-0.1, -0.05) is 11.6 Å². The van der Waals surface area contributed by atoms with Crippen LogP contribution >= 0.6 is 22.9 Å². The van der Waals surface area contributed by atoms with Crippen LogP contribution < -0.4 is 14.9 Å². The summed E-state index contributed by atoms with van der Waals surface area (Å²) in [5.74, 6) is -0.712. The number of imide groups is 1. The summed E-state index contributed by atoms with van der Waals surface area (Å²) in [4.78, 5) is 30.1. The van der Waals surface area contributed by atoms with Crippen molar-refractivity contribution < 1.29 is 18.0 Å². The van der Waals surface area contributed by atoms with Crippen LogP contribution in [0.1, 0.15) is 6.42 Å². The lowest BCUT2D eigenvalue weighted by molar-refractivity contribution is -0.121. The first-order valence-electron chi connectivity index (χ1n) is 8.75. The van der Waals surface area contributed by atoms with Crippen molar-refractivity contribution in [1.82, 2.24) is 4.98 Å². The highest BCUT2D eigenvalue weighted by Gasteiger charge is 2.39. The summed E-state index contributed by atoms with van der Waals surface area (Å²) in [6.07, 6.45) is 1.50. The van der Waals surface area contributed by atoms with Gasteiger partial charge in [0.1, 0.15) is 6.04 Å². The molecule has 0 bridgehead atoms. The van der Waals surface area contributed by atoms with E-state index in [-0.39, 0.29) is 28.3 Å². The highest BCUT2D eigenvalue weighted by molar-refractivity contribution is 7.93. The molecular formula is C19H15ClN4O4S2. The number of aromatic nitrogens is 1. The highest BCUT2D eigenvalue weighted by Crippen LogP contribution is 2.27. The number of nitrogens with zero attached hydrogens (tertiary/aromatic N) is 2. The molecule has 1 fully saturated rings. The fourth-order valence-electron chi connectivity index (χ4n) is 2.99. The normalized spacial score (nSPS) is 16.7. The molecule has 0 spiro atoms. The number of rotatable bonds is 6. The van der Waals surface area contributed by atoms with Gasteiger partial charge in [0, 0.05) is 22.3 Å². The second-order valence-corrected chi connectivity index (χ2v) is 9.43. The smallest absolute Gasteiger partial charge is 0.263 e. The summed E-state index contributed by atoms with van der Waals surface area (Å²) in [5, 5.41) is 5.44. The molecule has 0 radical (unpaired) electrons.